The van der Waals surface area contributed by atoms with Gasteiger partial charge in [-0.05, 0) is 30.9 Å². The van der Waals surface area contributed by atoms with Gasteiger partial charge in [-0.25, -0.2) is 4.79 Å². The highest BCUT2D eigenvalue weighted by Crippen LogP contribution is 2.09. The largest absolute Gasteiger partial charge is 0.481 e. The van der Waals surface area contributed by atoms with Crippen LogP contribution >= 0.6 is 0 Å². The molecule has 1 aliphatic heterocycles. The van der Waals surface area contributed by atoms with Crippen LogP contribution in [-0.4, -0.2) is 119 Å². The fourth-order valence-electron chi connectivity index (χ4n) is 4.54. The van der Waals surface area contributed by atoms with Crippen LogP contribution in [0, 0.1) is 5.92 Å². The van der Waals surface area contributed by atoms with Gasteiger partial charge in [0.25, 0.3) is 5.91 Å². The Balaban J connectivity index is 2.53. The molecule has 19 nitrogen and oxygen atoms in total. The molecule has 2 rings (SSSR count). The van der Waals surface area contributed by atoms with Crippen LogP contribution in [0.5, 0.6) is 0 Å². The number of aliphatic carboxylic acids is 2. The van der Waals surface area contributed by atoms with Gasteiger partial charge < -0.3 is 53.2 Å². The molecule has 0 unspecified atom stereocenters. The number of carboxylic acids is 2. The summed E-state index contributed by atoms with van der Waals surface area (Å²) in [4.78, 5) is 107. The molecule has 1 aromatic carbocycles. The van der Waals surface area contributed by atoms with Crippen LogP contribution in [0.15, 0.2) is 35.3 Å². The monoisotopic (exact) mass is 675 g/mol. The maximum absolute atomic E-state index is 13.5. The number of hydrogen-bond donors (Lipinski definition) is 9. The Labute approximate surface area is 275 Å². The molecule has 19 heteroatoms. The number of nitrogens with zero attached hydrogens (tertiary/aromatic N) is 2. The Hall–Kier alpha value is -5.75. The normalized spacial score (nSPS) is 21.7. The standard InChI is InChI=1S/C29H41N9O10/c1-15(2)23-26(45)35-17(9-6-10-32-29(30)31)24(43)33-12-20(39)34-18(11-22(41)42)25(44)36-19(28(47)48)13-38(14-21(40)37-23)27(46)16-7-4-3-5-8-16/h3-5,7-8,15,17-19,23H,6,9-14H2,1-2H3,(H,33,43)(H,34,39)(H,35,45)(H,36,44)(H,37,40)(H,41,42)(H,47,48)(H4,30,31,32)/t17-,18-,19-,23+/m0/s1. The number of benzene rings is 1. The summed E-state index contributed by atoms with van der Waals surface area (Å²) in [6.45, 7) is 1.05. The van der Waals surface area contributed by atoms with Gasteiger partial charge in [-0.3, -0.25) is 38.6 Å². The lowest BCUT2D eigenvalue weighted by molar-refractivity contribution is -0.144. The molecule has 6 amide bonds. The maximum Gasteiger partial charge on any atom is 0.328 e. The Morgan fingerprint density at radius 3 is 2.15 bits per heavy atom. The minimum atomic E-state index is -1.87. The van der Waals surface area contributed by atoms with E-state index in [1.165, 1.54) is 24.3 Å². The van der Waals surface area contributed by atoms with Crippen molar-refractivity contribution < 1.29 is 48.6 Å². The van der Waals surface area contributed by atoms with Gasteiger partial charge in [-0.1, -0.05) is 32.0 Å². The topological polar surface area (TPSA) is 305 Å². The van der Waals surface area contributed by atoms with Crippen molar-refractivity contribution in [2.75, 3.05) is 26.2 Å². The average molecular weight is 676 g/mol. The Bertz CT molecular complexity index is 1400. The molecule has 1 aliphatic rings. The predicted octanol–water partition coefficient (Wildman–Crippen LogP) is -3.53. The van der Waals surface area contributed by atoms with Gasteiger partial charge in [0, 0.05) is 12.1 Å². The molecule has 1 fully saturated rings. The Kier molecular flexibility index (Phi) is 14.7. The zero-order valence-corrected chi connectivity index (χ0v) is 26.4. The van der Waals surface area contributed by atoms with Crippen molar-refractivity contribution in [2.45, 2.75) is 57.3 Å². The molecule has 262 valence electrons. The third-order valence-corrected chi connectivity index (χ3v) is 6.96. The highest BCUT2D eigenvalue weighted by molar-refractivity contribution is 5.99. The minimum absolute atomic E-state index is 0.00525. The molecule has 11 N–H and O–H groups in total. The molecule has 1 aromatic rings. The van der Waals surface area contributed by atoms with E-state index in [1.54, 1.807) is 19.9 Å². The summed E-state index contributed by atoms with van der Waals surface area (Å²) in [5.74, 6) is -9.37. The molecule has 48 heavy (non-hydrogen) atoms. The summed E-state index contributed by atoms with van der Waals surface area (Å²) in [7, 11) is 0. The quantitative estimate of drug-likeness (QED) is 0.0699. The van der Waals surface area contributed by atoms with Crippen molar-refractivity contribution in [2.24, 2.45) is 22.4 Å². The van der Waals surface area contributed by atoms with Crippen molar-refractivity contribution >= 4 is 53.3 Å². The summed E-state index contributed by atoms with van der Waals surface area (Å²) in [6, 6.07) is 1.39. The highest BCUT2D eigenvalue weighted by atomic mass is 16.4. The molecule has 0 radical (unpaired) electrons. The van der Waals surface area contributed by atoms with E-state index >= 15 is 0 Å². The van der Waals surface area contributed by atoms with E-state index < -0.39 is 104 Å². The van der Waals surface area contributed by atoms with E-state index in [0.717, 1.165) is 4.90 Å². The molecule has 0 bridgehead atoms. The summed E-state index contributed by atoms with van der Waals surface area (Å²) < 4.78 is 0. The number of carboxylic acid groups (broad SMARTS) is 2. The van der Waals surface area contributed by atoms with Crippen molar-refractivity contribution in [1.82, 2.24) is 31.5 Å². The van der Waals surface area contributed by atoms with Crippen LogP contribution in [0.4, 0.5) is 0 Å². The maximum atomic E-state index is 13.5. The van der Waals surface area contributed by atoms with Gasteiger partial charge in [-0.2, -0.15) is 0 Å². The van der Waals surface area contributed by atoms with E-state index in [-0.39, 0.29) is 30.9 Å². The number of hydrogen-bond acceptors (Lipinski definition) is 9. The second-order valence-electron chi connectivity index (χ2n) is 11.2. The lowest BCUT2D eigenvalue weighted by atomic mass is 10.0. The lowest BCUT2D eigenvalue weighted by Crippen LogP contribution is -2.59. The molecule has 0 aliphatic carbocycles. The first-order valence-electron chi connectivity index (χ1n) is 14.9. The number of nitrogens with one attached hydrogen (secondary N) is 5. The van der Waals surface area contributed by atoms with Crippen LogP contribution in [0.1, 0.15) is 43.5 Å². The number of carbonyl (C=O) groups is 8. The van der Waals surface area contributed by atoms with Crippen LogP contribution in [0.3, 0.4) is 0 Å². The van der Waals surface area contributed by atoms with E-state index in [0.29, 0.717) is 0 Å². The first-order valence-corrected chi connectivity index (χ1v) is 14.9. The zero-order chi connectivity index (χ0) is 36.0. The number of carbonyl (C=O) groups excluding carboxylic acids is 6. The Morgan fingerprint density at radius 2 is 1.56 bits per heavy atom. The van der Waals surface area contributed by atoms with Crippen LogP contribution in [0.25, 0.3) is 0 Å². The second-order valence-corrected chi connectivity index (χ2v) is 11.2. The van der Waals surface area contributed by atoms with Crippen molar-refractivity contribution in [3.63, 3.8) is 0 Å². The van der Waals surface area contributed by atoms with Gasteiger partial charge in [0.1, 0.15) is 24.2 Å². The van der Waals surface area contributed by atoms with Gasteiger partial charge in [0.2, 0.25) is 29.5 Å². The van der Waals surface area contributed by atoms with E-state index in [9.17, 15) is 48.6 Å². The summed E-state index contributed by atoms with van der Waals surface area (Å²) in [5, 5.41) is 30.8. The fraction of sp³-hybridized carbons (Fsp3) is 0.483. The van der Waals surface area contributed by atoms with Gasteiger partial charge >= 0.3 is 11.9 Å². The zero-order valence-electron chi connectivity index (χ0n) is 26.4. The third kappa shape index (κ3) is 12.6. The molecule has 0 saturated carbocycles. The number of guanidine groups is 1. The minimum Gasteiger partial charge on any atom is -0.481 e. The van der Waals surface area contributed by atoms with Crippen molar-refractivity contribution in [1.29, 1.82) is 0 Å². The van der Waals surface area contributed by atoms with Crippen molar-refractivity contribution in [3.05, 3.63) is 35.9 Å². The Morgan fingerprint density at radius 1 is 0.896 bits per heavy atom. The first kappa shape index (κ1) is 38.4. The molecule has 1 saturated heterocycles. The summed E-state index contributed by atoms with van der Waals surface area (Å²) in [6.07, 6.45) is -0.759. The van der Waals surface area contributed by atoms with Crippen LogP contribution < -0.4 is 38.1 Å². The lowest BCUT2D eigenvalue weighted by Gasteiger charge is -2.29. The average Bonchev–Trinajstić information content (AvgIpc) is 3.01. The highest BCUT2D eigenvalue weighted by Gasteiger charge is 2.34. The molecular formula is C29H41N9O10. The van der Waals surface area contributed by atoms with E-state index in [2.05, 4.69) is 31.6 Å². The van der Waals surface area contributed by atoms with E-state index in [1.807, 2.05) is 0 Å². The summed E-state index contributed by atoms with van der Waals surface area (Å²) >= 11 is 0. The fourth-order valence-corrected chi connectivity index (χ4v) is 4.54. The second kappa shape index (κ2) is 18.4. The number of aliphatic imine (C=N–C) groups is 1. The van der Waals surface area contributed by atoms with Crippen molar-refractivity contribution in [3.8, 4) is 0 Å². The number of nitrogens with two attached hydrogens (primary N) is 2. The van der Waals surface area contributed by atoms with Crippen LogP contribution in [-0.2, 0) is 33.6 Å². The molecule has 0 spiro atoms. The molecule has 0 aromatic heterocycles. The smallest absolute Gasteiger partial charge is 0.328 e. The summed E-state index contributed by atoms with van der Waals surface area (Å²) in [5.41, 5.74) is 10.8. The van der Waals surface area contributed by atoms with Gasteiger partial charge in [0.05, 0.1) is 26.1 Å². The van der Waals surface area contributed by atoms with Gasteiger partial charge in [0.15, 0.2) is 5.96 Å². The SMILES string of the molecule is CC(C)[C@H]1NC(=O)CN(C(=O)c2ccccc2)C[C@@H](C(=O)O)NC(=O)[C@H](CC(=O)O)NC(=O)CNC(=O)[C@H](CCCN=C(N)N)NC1=O. The molecular weight excluding hydrogens is 634 g/mol. The first-order chi connectivity index (χ1) is 22.6. The number of amides is 6. The van der Waals surface area contributed by atoms with E-state index in [4.69, 9.17) is 11.5 Å². The predicted molar refractivity (Wildman–Crippen MR) is 168 cm³/mol. The van der Waals surface area contributed by atoms with Crippen LogP contribution in [0.2, 0.25) is 0 Å². The molecule has 1 heterocycles. The third-order valence-electron chi connectivity index (χ3n) is 6.96. The van der Waals surface area contributed by atoms with Gasteiger partial charge in [-0.15, -0.1) is 0 Å². The number of rotatable bonds is 9. The molecule has 4 atom stereocenters.